The molecular formula is C15H20BrF3N6O3S. The van der Waals surface area contributed by atoms with Gasteiger partial charge in [-0.3, -0.25) is 5.10 Å². The predicted molar refractivity (Wildman–Crippen MR) is 103 cm³/mol. The van der Waals surface area contributed by atoms with E-state index in [1.165, 1.54) is 7.11 Å². The quantitative estimate of drug-likeness (QED) is 0.534. The average Bonchev–Trinajstić information content (AvgIpc) is 3.01. The number of alkyl halides is 3. The van der Waals surface area contributed by atoms with Crippen molar-refractivity contribution in [3.8, 4) is 5.88 Å². The van der Waals surface area contributed by atoms with E-state index in [4.69, 9.17) is 4.74 Å². The summed E-state index contributed by atoms with van der Waals surface area (Å²) in [5.74, 6) is -0.270. The van der Waals surface area contributed by atoms with Gasteiger partial charge in [0.05, 0.1) is 19.3 Å². The molecule has 1 saturated carbocycles. The number of nitrogens with one attached hydrogen (secondary N) is 3. The maximum Gasteiger partial charge on any atom is 0.390 e. The number of hydrogen-bond donors (Lipinski definition) is 3. The zero-order chi connectivity index (χ0) is 21.2. The molecule has 14 heteroatoms. The third-order valence-corrected chi connectivity index (χ3v) is 6.60. The third-order valence-electron chi connectivity index (χ3n) is 4.59. The van der Waals surface area contributed by atoms with Crippen LogP contribution in [0.4, 0.5) is 19.1 Å². The monoisotopic (exact) mass is 500 g/mol. The Kier molecular flexibility index (Phi) is 6.53. The van der Waals surface area contributed by atoms with Gasteiger partial charge in [0.25, 0.3) is 0 Å². The van der Waals surface area contributed by atoms with Gasteiger partial charge in [-0.05, 0) is 41.6 Å². The highest BCUT2D eigenvalue weighted by Gasteiger charge is 2.31. The number of aromatic amines is 1. The lowest BCUT2D eigenvalue weighted by Crippen LogP contribution is -2.41. The smallest absolute Gasteiger partial charge is 0.390 e. The summed E-state index contributed by atoms with van der Waals surface area (Å²) in [6.07, 6.45) is -3.64. The number of ether oxygens (including phenoxy) is 1. The fourth-order valence-electron chi connectivity index (χ4n) is 3.17. The number of sulfonamides is 1. The molecule has 0 aromatic carbocycles. The van der Waals surface area contributed by atoms with Crippen molar-refractivity contribution >= 4 is 42.9 Å². The molecule has 2 aromatic rings. The van der Waals surface area contributed by atoms with Gasteiger partial charge < -0.3 is 10.1 Å². The van der Waals surface area contributed by atoms with E-state index in [2.05, 4.69) is 46.1 Å². The molecule has 0 amide bonds. The molecule has 1 aliphatic carbocycles. The minimum Gasteiger partial charge on any atom is -0.480 e. The Labute approximate surface area is 173 Å². The van der Waals surface area contributed by atoms with Crippen molar-refractivity contribution in [2.45, 2.75) is 50.4 Å². The standard InChI is InChI=1S/C15H20BrF3N6O3S/c1-28-13-10-11(16)23-24-12(10)21-14(22-13)20-8-2-4-9(5-3-8)25-29(26,27)7-6-15(17,18)19/h8-9,25H,2-7H2,1H3,(H2,20,21,22,23,24). The van der Waals surface area contributed by atoms with Crippen LogP contribution in [0.15, 0.2) is 4.60 Å². The second kappa shape index (κ2) is 8.60. The molecule has 9 nitrogen and oxygen atoms in total. The van der Waals surface area contributed by atoms with Gasteiger partial charge in [0.15, 0.2) is 5.65 Å². The van der Waals surface area contributed by atoms with Crippen molar-refractivity contribution < 1.29 is 26.3 Å². The highest BCUT2D eigenvalue weighted by molar-refractivity contribution is 9.10. The SMILES string of the molecule is COc1nc(NC2CCC(NS(=O)(=O)CCC(F)(F)F)CC2)nc2n[nH]c(Br)c12. The van der Waals surface area contributed by atoms with Crippen LogP contribution in [0.3, 0.4) is 0 Å². The highest BCUT2D eigenvalue weighted by atomic mass is 79.9. The van der Waals surface area contributed by atoms with Crippen LogP contribution in [-0.4, -0.2) is 59.7 Å². The van der Waals surface area contributed by atoms with E-state index in [0.717, 1.165) is 0 Å². The van der Waals surface area contributed by atoms with Crippen LogP contribution in [-0.2, 0) is 10.0 Å². The molecule has 3 rings (SSSR count). The van der Waals surface area contributed by atoms with Gasteiger partial charge in [0.1, 0.15) is 9.99 Å². The fourth-order valence-corrected chi connectivity index (χ4v) is 4.97. The van der Waals surface area contributed by atoms with Gasteiger partial charge in [-0.2, -0.15) is 28.2 Å². The van der Waals surface area contributed by atoms with E-state index < -0.39 is 28.4 Å². The van der Waals surface area contributed by atoms with Gasteiger partial charge in [0, 0.05) is 12.1 Å². The first-order valence-corrected chi connectivity index (χ1v) is 11.3. The topological polar surface area (TPSA) is 122 Å². The molecule has 0 radical (unpaired) electrons. The molecule has 3 N–H and O–H groups in total. The van der Waals surface area contributed by atoms with Crippen LogP contribution in [0.2, 0.25) is 0 Å². The van der Waals surface area contributed by atoms with Gasteiger partial charge in [-0.15, -0.1) is 0 Å². The predicted octanol–water partition coefficient (Wildman–Crippen LogP) is 2.72. The summed E-state index contributed by atoms with van der Waals surface area (Å²) >= 11 is 3.32. The Morgan fingerprint density at radius 1 is 1.21 bits per heavy atom. The molecule has 0 atom stereocenters. The van der Waals surface area contributed by atoms with E-state index in [-0.39, 0.29) is 12.1 Å². The van der Waals surface area contributed by atoms with Crippen molar-refractivity contribution in [1.29, 1.82) is 0 Å². The van der Waals surface area contributed by atoms with Gasteiger partial charge in [-0.25, -0.2) is 13.1 Å². The van der Waals surface area contributed by atoms with Gasteiger partial charge in [-0.1, -0.05) is 0 Å². The Bertz CT molecular complexity index is 960. The Balaban J connectivity index is 1.56. The summed E-state index contributed by atoms with van der Waals surface area (Å²) in [5.41, 5.74) is 0.428. The fraction of sp³-hybridized carbons (Fsp3) is 0.667. The van der Waals surface area contributed by atoms with Crippen LogP contribution >= 0.6 is 15.9 Å². The zero-order valence-corrected chi connectivity index (χ0v) is 17.8. The minimum atomic E-state index is -4.50. The molecule has 1 aliphatic rings. The second-order valence-electron chi connectivity index (χ2n) is 6.79. The molecule has 0 bridgehead atoms. The first kappa shape index (κ1) is 22.0. The molecule has 0 spiro atoms. The zero-order valence-electron chi connectivity index (χ0n) is 15.4. The minimum absolute atomic E-state index is 0.00420. The molecule has 0 aliphatic heterocycles. The van der Waals surface area contributed by atoms with Gasteiger partial charge in [0.2, 0.25) is 21.9 Å². The van der Waals surface area contributed by atoms with Crippen LogP contribution in [0, 0.1) is 0 Å². The number of nitrogens with zero attached hydrogens (tertiary/aromatic N) is 3. The number of halogens is 4. The Morgan fingerprint density at radius 3 is 2.48 bits per heavy atom. The summed E-state index contributed by atoms with van der Waals surface area (Å²) in [5, 5.41) is 10.6. The maximum atomic E-state index is 12.2. The van der Waals surface area contributed by atoms with Crippen LogP contribution in [0.5, 0.6) is 5.88 Å². The van der Waals surface area contributed by atoms with E-state index in [0.29, 0.717) is 53.1 Å². The summed E-state index contributed by atoms with van der Waals surface area (Å²) < 4.78 is 68.7. The third kappa shape index (κ3) is 5.92. The number of rotatable bonds is 7. The summed E-state index contributed by atoms with van der Waals surface area (Å²) in [4.78, 5) is 8.65. The molecule has 29 heavy (non-hydrogen) atoms. The number of methoxy groups -OCH3 is 1. The lowest BCUT2D eigenvalue weighted by atomic mass is 9.92. The molecular weight excluding hydrogens is 481 g/mol. The normalized spacial score (nSPS) is 20.7. The molecule has 1 fully saturated rings. The van der Waals surface area contributed by atoms with Gasteiger partial charge >= 0.3 is 6.18 Å². The highest BCUT2D eigenvalue weighted by Crippen LogP contribution is 2.30. The van der Waals surface area contributed by atoms with E-state index in [1.54, 1.807) is 0 Å². The largest absolute Gasteiger partial charge is 0.480 e. The van der Waals surface area contributed by atoms with Crippen molar-refractivity contribution in [2.75, 3.05) is 18.2 Å². The number of fused-ring (bicyclic) bond motifs is 1. The molecule has 0 saturated heterocycles. The molecule has 2 heterocycles. The van der Waals surface area contributed by atoms with Crippen LogP contribution in [0.1, 0.15) is 32.1 Å². The van der Waals surface area contributed by atoms with Crippen LogP contribution < -0.4 is 14.8 Å². The van der Waals surface area contributed by atoms with Crippen LogP contribution in [0.25, 0.3) is 11.0 Å². The number of aromatic nitrogens is 4. The summed E-state index contributed by atoms with van der Waals surface area (Å²) in [6, 6.07) is -0.387. The molecule has 162 valence electrons. The maximum absolute atomic E-state index is 12.2. The molecule has 2 aromatic heterocycles. The van der Waals surface area contributed by atoms with E-state index in [1.807, 2.05) is 0 Å². The molecule has 0 unspecified atom stereocenters. The second-order valence-corrected chi connectivity index (χ2v) is 9.45. The first-order valence-electron chi connectivity index (χ1n) is 8.85. The van der Waals surface area contributed by atoms with Crippen molar-refractivity contribution in [1.82, 2.24) is 24.9 Å². The van der Waals surface area contributed by atoms with Crippen molar-refractivity contribution in [3.05, 3.63) is 4.60 Å². The van der Waals surface area contributed by atoms with E-state index in [9.17, 15) is 21.6 Å². The summed E-state index contributed by atoms with van der Waals surface area (Å²) in [6.45, 7) is 0. The Morgan fingerprint density at radius 2 is 1.86 bits per heavy atom. The lowest BCUT2D eigenvalue weighted by Gasteiger charge is -2.29. The number of anilines is 1. The Hall–Kier alpha value is -1.67. The van der Waals surface area contributed by atoms with Crippen molar-refractivity contribution in [3.63, 3.8) is 0 Å². The summed E-state index contributed by atoms with van der Waals surface area (Å²) in [7, 11) is -2.48. The number of hydrogen-bond acceptors (Lipinski definition) is 7. The average molecular weight is 501 g/mol. The first-order chi connectivity index (χ1) is 13.6. The van der Waals surface area contributed by atoms with E-state index >= 15 is 0 Å². The number of H-pyrrole nitrogens is 1. The van der Waals surface area contributed by atoms with Crippen molar-refractivity contribution in [2.24, 2.45) is 0 Å². The lowest BCUT2D eigenvalue weighted by molar-refractivity contribution is -0.130.